The second-order valence-corrected chi connectivity index (χ2v) is 7.26. The van der Waals surface area contributed by atoms with Gasteiger partial charge in [0.1, 0.15) is 17.3 Å². The Hall–Kier alpha value is -3.13. The molecule has 1 N–H and O–H groups in total. The van der Waals surface area contributed by atoms with E-state index in [1.807, 2.05) is 19.9 Å². The molecule has 9 heteroatoms. The molecule has 156 valence electrons. The Bertz CT molecular complexity index is 1040. The van der Waals surface area contributed by atoms with Gasteiger partial charge < -0.3 is 14.8 Å². The van der Waals surface area contributed by atoms with Gasteiger partial charge in [0.05, 0.1) is 21.7 Å². The first-order chi connectivity index (χ1) is 14.3. The largest absolute Gasteiger partial charge is 0.490 e. The molecule has 0 heterocycles. The summed E-state index contributed by atoms with van der Waals surface area (Å²) in [6.07, 6.45) is 1.40. The molecule has 0 aliphatic rings. The van der Waals surface area contributed by atoms with Gasteiger partial charge in [-0.3, -0.25) is 14.9 Å². The van der Waals surface area contributed by atoms with E-state index in [0.717, 1.165) is 3.57 Å². The molecular formula is C21H20IN3O5. The number of benzene rings is 2. The fraction of sp³-hybridized carbons (Fsp3) is 0.238. The van der Waals surface area contributed by atoms with Gasteiger partial charge in [-0.05, 0) is 78.8 Å². The fourth-order valence-electron chi connectivity index (χ4n) is 2.62. The molecule has 0 atom stereocenters. The maximum Gasteiger partial charge on any atom is 0.293 e. The number of carbonyl (C=O) groups is 1. The number of ether oxygens (including phenoxy) is 2. The van der Waals surface area contributed by atoms with E-state index in [1.54, 1.807) is 25.1 Å². The highest BCUT2D eigenvalue weighted by Crippen LogP contribution is 2.35. The lowest BCUT2D eigenvalue weighted by Gasteiger charge is -2.13. The van der Waals surface area contributed by atoms with Crippen molar-refractivity contribution in [2.45, 2.75) is 20.8 Å². The summed E-state index contributed by atoms with van der Waals surface area (Å²) in [6, 6.07) is 9.71. The third-order valence-corrected chi connectivity index (χ3v) is 4.70. The van der Waals surface area contributed by atoms with Gasteiger partial charge in [0, 0.05) is 6.07 Å². The van der Waals surface area contributed by atoms with Crippen LogP contribution in [0.4, 0.5) is 11.4 Å². The molecule has 0 aliphatic heterocycles. The topological polar surface area (TPSA) is 114 Å². The highest BCUT2D eigenvalue weighted by molar-refractivity contribution is 14.1. The van der Waals surface area contributed by atoms with Gasteiger partial charge >= 0.3 is 0 Å². The number of nitro groups is 1. The van der Waals surface area contributed by atoms with Crippen LogP contribution in [-0.2, 0) is 4.79 Å². The lowest BCUT2D eigenvalue weighted by molar-refractivity contribution is -0.384. The Morgan fingerprint density at radius 2 is 1.97 bits per heavy atom. The van der Waals surface area contributed by atoms with Crippen molar-refractivity contribution in [1.29, 1.82) is 5.26 Å². The van der Waals surface area contributed by atoms with Crippen LogP contribution >= 0.6 is 22.6 Å². The highest BCUT2D eigenvalue weighted by atomic mass is 127. The Kier molecular flexibility index (Phi) is 8.17. The van der Waals surface area contributed by atoms with E-state index in [4.69, 9.17) is 9.47 Å². The summed E-state index contributed by atoms with van der Waals surface area (Å²) in [5, 5.41) is 23.2. The quantitative estimate of drug-likeness (QED) is 0.175. The van der Waals surface area contributed by atoms with Crippen molar-refractivity contribution in [2.75, 3.05) is 18.5 Å². The van der Waals surface area contributed by atoms with Crippen LogP contribution in [0.2, 0.25) is 0 Å². The van der Waals surface area contributed by atoms with Crippen LogP contribution in [0, 0.1) is 31.9 Å². The molecule has 0 aliphatic carbocycles. The molecule has 0 saturated heterocycles. The maximum atomic E-state index is 12.6. The van der Waals surface area contributed by atoms with E-state index in [0.29, 0.717) is 35.8 Å². The van der Waals surface area contributed by atoms with Crippen LogP contribution in [-0.4, -0.2) is 24.0 Å². The van der Waals surface area contributed by atoms with Gasteiger partial charge in [0.15, 0.2) is 11.5 Å². The minimum absolute atomic E-state index is 0.0213. The molecule has 2 aromatic carbocycles. The smallest absolute Gasteiger partial charge is 0.293 e. The summed E-state index contributed by atoms with van der Waals surface area (Å²) in [6.45, 7) is 6.30. The molecule has 2 aromatic rings. The number of amides is 1. The lowest BCUT2D eigenvalue weighted by Crippen LogP contribution is -2.14. The van der Waals surface area contributed by atoms with E-state index in [1.165, 1.54) is 18.2 Å². The molecule has 0 saturated carbocycles. The molecule has 0 unspecified atom stereocenters. The van der Waals surface area contributed by atoms with Crippen molar-refractivity contribution in [2.24, 2.45) is 0 Å². The molecule has 0 fully saturated rings. The van der Waals surface area contributed by atoms with Crippen molar-refractivity contribution in [1.82, 2.24) is 0 Å². The van der Waals surface area contributed by atoms with Crippen molar-refractivity contribution < 1.29 is 19.2 Å². The van der Waals surface area contributed by atoms with E-state index in [-0.39, 0.29) is 16.9 Å². The standard InChI is InChI=1S/C21H20IN3O5/c1-4-29-19-11-14(10-16(22)20(19)30-5-2)9-15(12-23)21(26)24-17-7-6-13(3)8-18(17)25(27)28/h6-11H,4-5H2,1-3H3,(H,24,26)/b15-9+. The second-order valence-electron chi connectivity index (χ2n) is 6.10. The van der Waals surface area contributed by atoms with Gasteiger partial charge in [-0.25, -0.2) is 0 Å². The van der Waals surface area contributed by atoms with Crippen LogP contribution < -0.4 is 14.8 Å². The third kappa shape index (κ3) is 5.70. The number of nitriles is 1. The summed E-state index contributed by atoms with van der Waals surface area (Å²) in [5.41, 5.74) is 0.828. The predicted molar refractivity (Wildman–Crippen MR) is 122 cm³/mol. The Labute approximate surface area is 187 Å². The number of anilines is 1. The number of nitrogens with one attached hydrogen (secondary N) is 1. The molecule has 1 amide bonds. The summed E-state index contributed by atoms with van der Waals surface area (Å²) in [5.74, 6) is 0.353. The van der Waals surface area contributed by atoms with Crippen LogP contribution in [0.15, 0.2) is 35.9 Å². The predicted octanol–water partition coefficient (Wildman–Crippen LogP) is 4.85. The molecule has 0 bridgehead atoms. The third-order valence-electron chi connectivity index (χ3n) is 3.89. The Balaban J connectivity index is 2.39. The number of rotatable bonds is 8. The number of nitrogens with zero attached hydrogens (tertiary/aromatic N) is 2. The first kappa shape index (κ1) is 23.2. The van der Waals surface area contributed by atoms with E-state index in [2.05, 4.69) is 27.9 Å². The zero-order chi connectivity index (χ0) is 22.3. The minimum atomic E-state index is -0.744. The van der Waals surface area contributed by atoms with Crippen LogP contribution in [0.5, 0.6) is 11.5 Å². The van der Waals surface area contributed by atoms with E-state index in [9.17, 15) is 20.2 Å². The van der Waals surface area contributed by atoms with Crippen molar-refractivity contribution >= 4 is 45.9 Å². The zero-order valence-corrected chi connectivity index (χ0v) is 18.8. The summed E-state index contributed by atoms with van der Waals surface area (Å²) >= 11 is 2.09. The average molecular weight is 521 g/mol. The highest BCUT2D eigenvalue weighted by Gasteiger charge is 2.19. The fourth-order valence-corrected chi connectivity index (χ4v) is 3.40. The normalized spacial score (nSPS) is 10.8. The Morgan fingerprint density at radius 3 is 2.57 bits per heavy atom. The lowest BCUT2D eigenvalue weighted by atomic mass is 10.1. The van der Waals surface area contributed by atoms with Gasteiger partial charge in [-0.15, -0.1) is 0 Å². The van der Waals surface area contributed by atoms with Crippen molar-refractivity contribution in [3.8, 4) is 17.6 Å². The van der Waals surface area contributed by atoms with Crippen molar-refractivity contribution in [3.63, 3.8) is 0 Å². The number of halogens is 1. The summed E-state index contributed by atoms with van der Waals surface area (Å²) in [7, 11) is 0. The minimum Gasteiger partial charge on any atom is -0.490 e. The summed E-state index contributed by atoms with van der Waals surface area (Å²) in [4.78, 5) is 23.3. The first-order valence-electron chi connectivity index (χ1n) is 9.08. The summed E-state index contributed by atoms with van der Waals surface area (Å²) < 4.78 is 12.0. The SMILES string of the molecule is CCOc1cc(/C=C(\C#N)C(=O)Nc2ccc(C)cc2[N+](=O)[O-])cc(I)c1OCC. The monoisotopic (exact) mass is 521 g/mol. The van der Waals surface area contributed by atoms with Gasteiger partial charge in [0.2, 0.25) is 0 Å². The average Bonchev–Trinajstić information content (AvgIpc) is 2.70. The van der Waals surface area contributed by atoms with E-state index >= 15 is 0 Å². The number of hydrogen-bond donors (Lipinski definition) is 1. The molecule has 0 spiro atoms. The van der Waals surface area contributed by atoms with Crippen LogP contribution in [0.25, 0.3) is 6.08 Å². The zero-order valence-electron chi connectivity index (χ0n) is 16.7. The van der Waals surface area contributed by atoms with Gasteiger partial charge in [-0.1, -0.05) is 6.07 Å². The molecule has 30 heavy (non-hydrogen) atoms. The second kappa shape index (κ2) is 10.6. The van der Waals surface area contributed by atoms with Crippen LogP contribution in [0.3, 0.4) is 0 Å². The molecular weight excluding hydrogens is 501 g/mol. The number of aryl methyl sites for hydroxylation is 1. The van der Waals surface area contributed by atoms with Crippen LogP contribution in [0.1, 0.15) is 25.0 Å². The number of nitro benzene ring substituents is 1. The number of carbonyl (C=O) groups excluding carboxylic acids is 1. The molecule has 0 radical (unpaired) electrons. The molecule has 0 aromatic heterocycles. The maximum absolute atomic E-state index is 12.6. The Morgan fingerprint density at radius 1 is 1.27 bits per heavy atom. The van der Waals surface area contributed by atoms with Gasteiger partial charge in [-0.2, -0.15) is 5.26 Å². The van der Waals surface area contributed by atoms with Crippen molar-refractivity contribution in [3.05, 3.63) is 60.7 Å². The van der Waals surface area contributed by atoms with E-state index < -0.39 is 10.8 Å². The van der Waals surface area contributed by atoms with Gasteiger partial charge in [0.25, 0.3) is 11.6 Å². The molecule has 8 nitrogen and oxygen atoms in total. The first-order valence-corrected chi connectivity index (χ1v) is 10.2. The molecule has 2 rings (SSSR count). The number of hydrogen-bond acceptors (Lipinski definition) is 6.